The van der Waals surface area contributed by atoms with Crippen LogP contribution in [0.15, 0.2) is 0 Å². The van der Waals surface area contributed by atoms with Gasteiger partial charge < -0.3 is 10.1 Å². The average Bonchev–Trinajstić information content (AvgIpc) is 3.05. The second-order valence-corrected chi connectivity index (χ2v) is 10.6. The second-order valence-electron chi connectivity index (χ2n) is 10.6. The number of carbonyl (C=O) groups is 5. The zero-order valence-corrected chi connectivity index (χ0v) is 20.0. The zero-order chi connectivity index (χ0) is 23.8. The third-order valence-corrected chi connectivity index (χ3v) is 8.86. The van der Waals surface area contributed by atoms with Gasteiger partial charge in [0, 0.05) is 42.4 Å². The molecule has 0 aromatic rings. The largest absolute Gasteiger partial charge is 0.467 e. The molecule has 7 atom stereocenters. The summed E-state index contributed by atoms with van der Waals surface area (Å²) in [6.45, 7) is 7.55. The molecule has 3 aliphatic rings. The number of ether oxygens (including phenoxy) is 1. The molecule has 3 aliphatic carbocycles. The van der Waals surface area contributed by atoms with Crippen LogP contribution in [0.25, 0.3) is 0 Å². The summed E-state index contributed by atoms with van der Waals surface area (Å²) in [7, 11) is 1.29. The van der Waals surface area contributed by atoms with Crippen molar-refractivity contribution >= 4 is 29.2 Å². The van der Waals surface area contributed by atoms with Gasteiger partial charge in [-0.1, -0.05) is 34.1 Å². The number of nitrogens with one attached hydrogen (secondary N) is 1. The fraction of sp³-hybridized carbons (Fsp3) is 0.800. The molecule has 3 rings (SSSR count). The Hall–Kier alpha value is -2.05. The number of carbonyl (C=O) groups excluding carboxylic acids is 5. The lowest BCUT2D eigenvalue weighted by Crippen LogP contribution is -2.56. The van der Waals surface area contributed by atoms with E-state index in [1.807, 2.05) is 27.7 Å². The van der Waals surface area contributed by atoms with Gasteiger partial charge in [0.15, 0.2) is 0 Å². The Kier molecular flexibility index (Phi) is 6.97. The van der Waals surface area contributed by atoms with Crippen LogP contribution in [0.2, 0.25) is 0 Å². The first-order valence-electron chi connectivity index (χ1n) is 12.0. The van der Waals surface area contributed by atoms with Crippen molar-refractivity contribution in [1.29, 1.82) is 0 Å². The molecule has 0 aliphatic heterocycles. The minimum atomic E-state index is -0.915. The molecule has 3 saturated carbocycles. The van der Waals surface area contributed by atoms with E-state index in [9.17, 15) is 24.0 Å². The number of Topliss-reactive ketones (excluding diaryl/α,β-unsaturated/α-hetero) is 3. The summed E-state index contributed by atoms with van der Waals surface area (Å²) in [6.07, 6.45) is 3.53. The first kappa shape index (κ1) is 24.6. The Morgan fingerprint density at radius 2 is 1.78 bits per heavy atom. The summed E-state index contributed by atoms with van der Waals surface area (Å²) >= 11 is 0. The summed E-state index contributed by atoms with van der Waals surface area (Å²) in [4.78, 5) is 63.8. The first-order chi connectivity index (χ1) is 15.0. The molecule has 3 fully saturated rings. The summed E-state index contributed by atoms with van der Waals surface area (Å²) in [5, 5.41) is 2.77. The topological polar surface area (TPSA) is 107 Å². The lowest BCUT2D eigenvalue weighted by atomic mass is 9.48. The molecule has 0 aromatic carbocycles. The van der Waals surface area contributed by atoms with Gasteiger partial charge in [-0.15, -0.1) is 0 Å². The number of fused-ring (bicyclic) bond motifs is 3. The van der Waals surface area contributed by atoms with Crippen LogP contribution in [0.1, 0.15) is 79.1 Å². The standard InChI is InChI=1S/C25H37NO6/c1-6-14(2)22(23(31)32-5)26-20(30)11-12-24(3)18(28)9-7-15-16-8-10-19(29)25(16,4)13-17(27)21(15)24/h14-16,21-22H,6-13H2,1-5H3,(H,26,30)/t14-,15-,16-,21+,22-,24-,25-/m0/s1. The summed E-state index contributed by atoms with van der Waals surface area (Å²) in [5.74, 6) is -0.986. The van der Waals surface area contributed by atoms with Gasteiger partial charge in [0.2, 0.25) is 5.91 Å². The maximum atomic E-state index is 13.3. The van der Waals surface area contributed by atoms with Gasteiger partial charge in [-0.3, -0.25) is 19.2 Å². The van der Waals surface area contributed by atoms with Crippen LogP contribution >= 0.6 is 0 Å². The first-order valence-corrected chi connectivity index (χ1v) is 12.0. The van der Waals surface area contributed by atoms with E-state index >= 15 is 0 Å². The predicted molar refractivity (Wildman–Crippen MR) is 117 cm³/mol. The van der Waals surface area contributed by atoms with Crippen molar-refractivity contribution in [2.24, 2.45) is 34.5 Å². The number of ketones is 3. The number of esters is 1. The summed E-state index contributed by atoms with van der Waals surface area (Å²) in [6, 6.07) is -0.735. The third-order valence-electron chi connectivity index (χ3n) is 8.86. The molecule has 0 spiro atoms. The Balaban J connectivity index is 1.76. The smallest absolute Gasteiger partial charge is 0.328 e. The molecule has 7 nitrogen and oxygen atoms in total. The highest BCUT2D eigenvalue weighted by molar-refractivity contribution is 5.99. The maximum absolute atomic E-state index is 13.3. The van der Waals surface area contributed by atoms with Crippen molar-refractivity contribution in [3.63, 3.8) is 0 Å². The Morgan fingerprint density at radius 3 is 2.41 bits per heavy atom. The summed E-state index contributed by atoms with van der Waals surface area (Å²) < 4.78 is 4.83. The number of hydrogen-bond acceptors (Lipinski definition) is 6. The minimum Gasteiger partial charge on any atom is -0.467 e. The Morgan fingerprint density at radius 1 is 1.12 bits per heavy atom. The molecule has 1 N–H and O–H groups in total. The van der Waals surface area contributed by atoms with Crippen molar-refractivity contribution in [3.8, 4) is 0 Å². The van der Waals surface area contributed by atoms with Crippen molar-refractivity contribution < 1.29 is 28.7 Å². The van der Waals surface area contributed by atoms with E-state index in [0.717, 1.165) is 6.42 Å². The molecule has 0 radical (unpaired) electrons. The van der Waals surface area contributed by atoms with Gasteiger partial charge in [-0.2, -0.15) is 0 Å². The average molecular weight is 448 g/mol. The number of amides is 1. The summed E-state index contributed by atoms with van der Waals surface area (Å²) in [5.41, 5.74) is -1.51. The van der Waals surface area contributed by atoms with Crippen molar-refractivity contribution in [1.82, 2.24) is 5.32 Å². The lowest BCUT2D eigenvalue weighted by molar-refractivity contribution is -0.160. The van der Waals surface area contributed by atoms with Gasteiger partial charge in [-0.25, -0.2) is 4.79 Å². The fourth-order valence-electron chi connectivity index (χ4n) is 6.62. The second kappa shape index (κ2) is 9.06. The minimum absolute atomic E-state index is 0.00741. The molecule has 0 bridgehead atoms. The molecule has 1 amide bonds. The van der Waals surface area contributed by atoms with Gasteiger partial charge in [-0.05, 0) is 37.0 Å². The molecular weight excluding hydrogens is 410 g/mol. The van der Waals surface area contributed by atoms with E-state index in [1.54, 1.807) is 0 Å². The van der Waals surface area contributed by atoms with Gasteiger partial charge >= 0.3 is 5.97 Å². The molecule has 0 saturated heterocycles. The van der Waals surface area contributed by atoms with Crippen LogP contribution in [0.5, 0.6) is 0 Å². The lowest BCUT2D eigenvalue weighted by Gasteiger charge is -2.53. The number of hydrogen-bond donors (Lipinski definition) is 1. The van der Waals surface area contributed by atoms with Crippen LogP contribution in [0, 0.1) is 34.5 Å². The van der Waals surface area contributed by atoms with Crippen molar-refractivity contribution in [3.05, 3.63) is 0 Å². The Labute approximate surface area is 190 Å². The van der Waals surface area contributed by atoms with Crippen LogP contribution in [0.4, 0.5) is 0 Å². The highest BCUT2D eigenvalue weighted by Crippen LogP contribution is 2.60. The quantitative estimate of drug-likeness (QED) is 0.601. The predicted octanol–water partition coefficient (Wildman–Crippen LogP) is 3.03. The molecule has 0 heterocycles. The molecule has 7 heteroatoms. The number of rotatable bonds is 7. The highest BCUT2D eigenvalue weighted by Gasteiger charge is 2.62. The van der Waals surface area contributed by atoms with E-state index in [4.69, 9.17) is 4.74 Å². The molecular formula is C25H37NO6. The van der Waals surface area contributed by atoms with E-state index < -0.39 is 28.8 Å². The SMILES string of the molecule is CC[C@H](C)[C@H](NC(=O)CC[C@@]1(C)C(=O)CC[C@@H]2[C@@H]1C(=O)C[C@]1(C)C(=O)CC[C@@H]21)C(=O)OC. The van der Waals surface area contributed by atoms with Crippen LogP contribution in [-0.2, 0) is 28.7 Å². The van der Waals surface area contributed by atoms with Crippen molar-refractivity contribution in [2.75, 3.05) is 7.11 Å². The monoisotopic (exact) mass is 447 g/mol. The third kappa shape index (κ3) is 4.03. The molecule has 0 aromatic heterocycles. The van der Waals surface area contributed by atoms with E-state index in [2.05, 4.69) is 5.32 Å². The Bertz CT molecular complexity index is 821. The van der Waals surface area contributed by atoms with Crippen LogP contribution in [0.3, 0.4) is 0 Å². The van der Waals surface area contributed by atoms with Crippen molar-refractivity contribution in [2.45, 2.75) is 85.1 Å². The van der Waals surface area contributed by atoms with Gasteiger partial charge in [0.1, 0.15) is 23.4 Å². The molecule has 178 valence electrons. The normalized spacial score (nSPS) is 36.2. The van der Waals surface area contributed by atoms with Gasteiger partial charge in [0.05, 0.1) is 7.11 Å². The molecule has 0 unspecified atom stereocenters. The van der Waals surface area contributed by atoms with E-state index in [0.29, 0.717) is 25.7 Å². The zero-order valence-electron chi connectivity index (χ0n) is 20.0. The maximum Gasteiger partial charge on any atom is 0.328 e. The van der Waals surface area contributed by atoms with Crippen LogP contribution < -0.4 is 5.32 Å². The fourth-order valence-corrected chi connectivity index (χ4v) is 6.62. The van der Waals surface area contributed by atoms with E-state index in [-0.39, 0.29) is 60.3 Å². The van der Waals surface area contributed by atoms with Gasteiger partial charge in [0.25, 0.3) is 0 Å². The molecule has 32 heavy (non-hydrogen) atoms. The highest BCUT2D eigenvalue weighted by atomic mass is 16.5. The van der Waals surface area contributed by atoms with Crippen LogP contribution in [-0.4, -0.2) is 42.4 Å². The number of methoxy groups -OCH3 is 1. The van der Waals surface area contributed by atoms with E-state index in [1.165, 1.54) is 7.11 Å².